The van der Waals surface area contributed by atoms with Crippen LogP contribution in [0.3, 0.4) is 0 Å². The van der Waals surface area contributed by atoms with Gasteiger partial charge in [-0.15, -0.1) is 10.2 Å². The molecule has 0 spiro atoms. The lowest BCUT2D eigenvalue weighted by Gasteiger charge is -2.23. The van der Waals surface area contributed by atoms with Gasteiger partial charge >= 0.3 is 12.1 Å². The number of carbonyl (C=O) groups is 2. The topological polar surface area (TPSA) is 117 Å². The largest absolute Gasteiger partial charge is 0.490 e. The Kier molecular flexibility index (Phi) is 8.54. The molecule has 2 N–H and O–H groups in total. The fourth-order valence-corrected chi connectivity index (χ4v) is 3.49. The van der Waals surface area contributed by atoms with Gasteiger partial charge in [0.2, 0.25) is 0 Å². The number of nitrogens with one attached hydrogen (secondary N) is 1. The highest BCUT2D eigenvalue weighted by atomic mass is 19.4. The molecular formula is C24H24F3N5O4. The molecule has 0 radical (unpaired) electrons. The second-order valence-electron chi connectivity index (χ2n) is 8.03. The average molecular weight is 503 g/mol. The predicted molar refractivity (Wildman–Crippen MR) is 124 cm³/mol. The van der Waals surface area contributed by atoms with Crippen LogP contribution in [0.1, 0.15) is 22.5 Å². The van der Waals surface area contributed by atoms with Crippen molar-refractivity contribution in [2.24, 2.45) is 0 Å². The van der Waals surface area contributed by atoms with Crippen LogP contribution < -0.4 is 10.9 Å². The van der Waals surface area contributed by atoms with Gasteiger partial charge in [-0.3, -0.25) is 9.59 Å². The molecule has 4 rings (SSSR count). The first-order chi connectivity index (χ1) is 17.1. The Morgan fingerprint density at radius 1 is 1.11 bits per heavy atom. The van der Waals surface area contributed by atoms with Gasteiger partial charge in [-0.1, -0.05) is 30.3 Å². The van der Waals surface area contributed by atoms with Crippen LogP contribution in [0.25, 0.3) is 11.3 Å². The fraction of sp³-hybridized carbons (Fsp3) is 0.292. The van der Waals surface area contributed by atoms with Crippen molar-refractivity contribution in [3.05, 3.63) is 82.4 Å². The Labute approximate surface area is 204 Å². The van der Waals surface area contributed by atoms with Gasteiger partial charge in [-0.25, -0.2) is 4.79 Å². The molecular weight excluding hydrogens is 479 g/mol. The number of likely N-dealkylation sites (N-methyl/N-ethyl adjacent to an activating group) is 1. The molecule has 12 heteroatoms. The molecule has 36 heavy (non-hydrogen) atoms. The lowest BCUT2D eigenvalue weighted by atomic mass is 10.1. The van der Waals surface area contributed by atoms with Gasteiger partial charge in [-0.05, 0) is 36.7 Å². The molecule has 1 fully saturated rings. The standard InChI is InChI=1S/C22H23N5O2.C2HF3O2/c1-26(18-11-12-23-14-18)22(29)20-10-9-19(24-25-20)17-7-5-16(6-8-17)15-27-13-3-2-4-21(27)28;3-2(4,5)1(6)7/h2-10,13,18,23H,11-12,14-15H2,1H3;(H,6,7). The Morgan fingerprint density at radius 2 is 1.81 bits per heavy atom. The molecule has 9 nitrogen and oxygen atoms in total. The molecule has 1 atom stereocenters. The SMILES string of the molecule is CN(C(=O)c1ccc(-c2ccc(Cn3ccccc3=O)cc2)nn1)C1CCNC1.O=C(O)C(F)(F)F. The van der Waals surface area contributed by atoms with Crippen LogP contribution >= 0.6 is 0 Å². The number of nitrogens with zero attached hydrogens (tertiary/aromatic N) is 4. The molecule has 2 aromatic heterocycles. The molecule has 0 aliphatic carbocycles. The number of hydrogen-bond donors (Lipinski definition) is 2. The average Bonchev–Trinajstić information content (AvgIpc) is 3.40. The Morgan fingerprint density at radius 3 is 2.33 bits per heavy atom. The zero-order valence-electron chi connectivity index (χ0n) is 19.3. The number of aliphatic carboxylic acids is 1. The van der Waals surface area contributed by atoms with Gasteiger partial charge in [0.25, 0.3) is 11.5 Å². The van der Waals surface area contributed by atoms with Crippen molar-refractivity contribution in [1.82, 2.24) is 25.0 Å². The van der Waals surface area contributed by atoms with Crippen LogP contribution in [0, 0.1) is 0 Å². The summed E-state index contributed by atoms with van der Waals surface area (Å²) in [6.07, 6.45) is -2.36. The number of carboxylic acid groups (broad SMARTS) is 1. The van der Waals surface area contributed by atoms with E-state index >= 15 is 0 Å². The summed E-state index contributed by atoms with van der Waals surface area (Å²) in [5, 5.41) is 18.8. The minimum atomic E-state index is -5.08. The van der Waals surface area contributed by atoms with E-state index in [1.165, 1.54) is 0 Å². The molecule has 0 saturated carbocycles. The molecule has 1 unspecified atom stereocenters. The predicted octanol–water partition coefficient (Wildman–Crippen LogP) is 2.42. The van der Waals surface area contributed by atoms with Crippen LogP contribution in [0.15, 0.2) is 65.6 Å². The number of amides is 1. The maximum atomic E-state index is 12.6. The van der Waals surface area contributed by atoms with E-state index < -0.39 is 12.1 Å². The van der Waals surface area contributed by atoms with E-state index in [4.69, 9.17) is 9.90 Å². The first-order valence-corrected chi connectivity index (χ1v) is 10.9. The summed E-state index contributed by atoms with van der Waals surface area (Å²) in [7, 11) is 1.81. The van der Waals surface area contributed by atoms with E-state index in [0.29, 0.717) is 17.9 Å². The van der Waals surface area contributed by atoms with Gasteiger partial charge in [0.15, 0.2) is 5.69 Å². The summed E-state index contributed by atoms with van der Waals surface area (Å²) in [6, 6.07) is 16.7. The first-order valence-electron chi connectivity index (χ1n) is 10.9. The number of carbonyl (C=O) groups excluding carboxylic acids is 1. The third-order valence-electron chi connectivity index (χ3n) is 5.53. The van der Waals surface area contributed by atoms with Gasteiger partial charge in [0, 0.05) is 37.5 Å². The van der Waals surface area contributed by atoms with Crippen LogP contribution in [-0.2, 0) is 11.3 Å². The highest BCUT2D eigenvalue weighted by molar-refractivity contribution is 5.92. The number of aromatic nitrogens is 3. The van der Waals surface area contributed by atoms with Crippen molar-refractivity contribution in [2.45, 2.75) is 25.2 Å². The summed E-state index contributed by atoms with van der Waals surface area (Å²) in [5.41, 5.74) is 2.96. The van der Waals surface area contributed by atoms with Crippen molar-refractivity contribution in [1.29, 1.82) is 0 Å². The maximum Gasteiger partial charge on any atom is 0.490 e. The zero-order chi connectivity index (χ0) is 26.3. The molecule has 1 aliphatic rings. The number of halogens is 3. The highest BCUT2D eigenvalue weighted by Gasteiger charge is 2.38. The van der Waals surface area contributed by atoms with Crippen molar-refractivity contribution < 1.29 is 27.9 Å². The van der Waals surface area contributed by atoms with E-state index in [0.717, 1.165) is 30.6 Å². The zero-order valence-corrected chi connectivity index (χ0v) is 19.3. The third kappa shape index (κ3) is 6.98. The second kappa shape index (κ2) is 11.6. The summed E-state index contributed by atoms with van der Waals surface area (Å²) in [4.78, 5) is 35.1. The maximum absolute atomic E-state index is 12.6. The number of pyridine rings is 1. The monoisotopic (exact) mass is 503 g/mol. The quantitative estimate of drug-likeness (QED) is 0.549. The van der Waals surface area contributed by atoms with E-state index in [2.05, 4.69) is 15.5 Å². The van der Waals surface area contributed by atoms with Gasteiger partial charge in [0.05, 0.1) is 12.2 Å². The summed E-state index contributed by atoms with van der Waals surface area (Å²) in [6.45, 7) is 2.26. The van der Waals surface area contributed by atoms with Crippen LogP contribution in [0.4, 0.5) is 13.2 Å². The molecule has 3 aromatic rings. The second-order valence-corrected chi connectivity index (χ2v) is 8.03. The molecule has 3 heterocycles. The normalized spacial score (nSPS) is 15.1. The van der Waals surface area contributed by atoms with Gasteiger partial charge < -0.3 is 19.9 Å². The number of hydrogen-bond acceptors (Lipinski definition) is 6. The summed E-state index contributed by atoms with van der Waals surface area (Å²) < 4.78 is 33.4. The smallest absolute Gasteiger partial charge is 0.475 e. The van der Waals surface area contributed by atoms with Crippen LogP contribution in [-0.4, -0.2) is 69.0 Å². The first kappa shape index (κ1) is 26.5. The number of alkyl halides is 3. The summed E-state index contributed by atoms with van der Waals surface area (Å²) in [5.74, 6) is -2.87. The lowest BCUT2D eigenvalue weighted by molar-refractivity contribution is -0.192. The minimum absolute atomic E-state index is 0.0268. The van der Waals surface area contributed by atoms with Crippen molar-refractivity contribution in [3.63, 3.8) is 0 Å². The van der Waals surface area contributed by atoms with Crippen molar-refractivity contribution in [3.8, 4) is 11.3 Å². The van der Waals surface area contributed by atoms with E-state index in [1.54, 1.807) is 33.9 Å². The van der Waals surface area contributed by atoms with E-state index in [-0.39, 0.29) is 17.5 Å². The lowest BCUT2D eigenvalue weighted by Crippen LogP contribution is -2.38. The van der Waals surface area contributed by atoms with Crippen molar-refractivity contribution >= 4 is 11.9 Å². The number of rotatable bonds is 5. The molecule has 190 valence electrons. The van der Waals surface area contributed by atoms with Crippen LogP contribution in [0.2, 0.25) is 0 Å². The Balaban J connectivity index is 0.000000454. The number of carboxylic acids is 1. The fourth-order valence-electron chi connectivity index (χ4n) is 3.49. The molecule has 0 bridgehead atoms. The van der Waals surface area contributed by atoms with Crippen molar-refractivity contribution in [2.75, 3.05) is 20.1 Å². The van der Waals surface area contributed by atoms with Gasteiger partial charge in [-0.2, -0.15) is 13.2 Å². The Hall–Kier alpha value is -4.06. The highest BCUT2D eigenvalue weighted by Crippen LogP contribution is 2.18. The third-order valence-corrected chi connectivity index (χ3v) is 5.53. The molecule has 1 saturated heterocycles. The van der Waals surface area contributed by atoms with E-state index in [1.807, 2.05) is 43.4 Å². The molecule has 1 amide bonds. The van der Waals surface area contributed by atoms with Crippen LogP contribution in [0.5, 0.6) is 0 Å². The minimum Gasteiger partial charge on any atom is -0.475 e. The van der Waals surface area contributed by atoms with Gasteiger partial charge in [0.1, 0.15) is 0 Å². The molecule has 1 aromatic carbocycles. The summed E-state index contributed by atoms with van der Waals surface area (Å²) >= 11 is 0. The molecule has 1 aliphatic heterocycles. The number of benzene rings is 1. The van der Waals surface area contributed by atoms with E-state index in [9.17, 15) is 22.8 Å². The Bertz CT molecular complexity index is 1240.